The average Bonchev–Trinajstić information content (AvgIpc) is 2.75. The fourth-order valence-corrected chi connectivity index (χ4v) is 4.24. The minimum absolute atomic E-state index is 0.163. The summed E-state index contributed by atoms with van der Waals surface area (Å²) < 4.78 is 1.20. The second-order valence-electron chi connectivity index (χ2n) is 5.37. The summed E-state index contributed by atoms with van der Waals surface area (Å²) in [4.78, 5) is 3.99. The highest BCUT2D eigenvalue weighted by molar-refractivity contribution is 9.10. The lowest BCUT2D eigenvalue weighted by molar-refractivity contribution is 0.0921. The minimum atomic E-state index is 0.163. The molecule has 0 saturated carbocycles. The quantitative estimate of drug-likeness (QED) is 0.760. The van der Waals surface area contributed by atoms with Crippen molar-refractivity contribution in [2.24, 2.45) is 0 Å². The fourth-order valence-electron chi connectivity index (χ4n) is 2.74. The summed E-state index contributed by atoms with van der Waals surface area (Å²) in [7, 11) is 0. The Morgan fingerprint density at radius 3 is 2.37 bits per heavy atom. The van der Waals surface area contributed by atoms with E-state index in [9.17, 15) is 0 Å². The molecule has 2 nitrogen and oxygen atoms in total. The van der Waals surface area contributed by atoms with Crippen molar-refractivity contribution in [2.75, 3.05) is 19.6 Å². The van der Waals surface area contributed by atoms with Gasteiger partial charge in [0, 0.05) is 26.3 Å². The lowest BCUT2D eigenvalue weighted by Gasteiger charge is -2.43. The van der Waals surface area contributed by atoms with Gasteiger partial charge in [0.05, 0.1) is 0 Å². The van der Waals surface area contributed by atoms with E-state index in [4.69, 9.17) is 0 Å². The average molecular weight is 347 g/mol. The largest absolute Gasteiger partial charge is 0.312 e. The normalized spacial score (nSPS) is 14.1. The van der Waals surface area contributed by atoms with Crippen molar-refractivity contribution in [3.63, 3.8) is 0 Å². The van der Waals surface area contributed by atoms with Crippen LogP contribution in [-0.2, 0) is 6.42 Å². The Morgan fingerprint density at radius 1 is 1.32 bits per heavy atom. The molecule has 1 aromatic rings. The number of likely N-dealkylation sites (N-methyl/N-ethyl adjacent to an activating group) is 2. The molecule has 1 rings (SSSR count). The third kappa shape index (κ3) is 4.55. The van der Waals surface area contributed by atoms with E-state index in [0.29, 0.717) is 6.04 Å². The van der Waals surface area contributed by atoms with Crippen LogP contribution in [0.25, 0.3) is 0 Å². The number of halogens is 1. The van der Waals surface area contributed by atoms with Gasteiger partial charge in [0.15, 0.2) is 0 Å². The first-order valence-corrected chi connectivity index (χ1v) is 8.84. The number of hydrogen-bond acceptors (Lipinski definition) is 3. The van der Waals surface area contributed by atoms with Crippen LogP contribution < -0.4 is 5.32 Å². The molecule has 0 aromatic carbocycles. The van der Waals surface area contributed by atoms with Crippen LogP contribution in [0, 0.1) is 0 Å². The van der Waals surface area contributed by atoms with Gasteiger partial charge in [0.2, 0.25) is 0 Å². The maximum Gasteiger partial charge on any atom is 0.0309 e. The lowest BCUT2D eigenvalue weighted by atomic mass is 9.89. The van der Waals surface area contributed by atoms with E-state index in [0.717, 1.165) is 26.1 Å². The van der Waals surface area contributed by atoms with Gasteiger partial charge in [0.25, 0.3) is 0 Å². The van der Waals surface area contributed by atoms with Gasteiger partial charge in [-0.05, 0) is 61.9 Å². The van der Waals surface area contributed by atoms with Crippen molar-refractivity contribution in [2.45, 2.75) is 52.6 Å². The molecule has 1 atom stereocenters. The Kier molecular flexibility index (Phi) is 7.01. The monoisotopic (exact) mass is 346 g/mol. The van der Waals surface area contributed by atoms with Crippen LogP contribution in [-0.4, -0.2) is 36.1 Å². The van der Waals surface area contributed by atoms with Crippen molar-refractivity contribution in [1.82, 2.24) is 10.2 Å². The highest BCUT2D eigenvalue weighted by atomic mass is 79.9. The molecule has 0 fully saturated rings. The predicted octanol–water partition coefficient (Wildman–Crippen LogP) is 4.15. The van der Waals surface area contributed by atoms with Crippen LogP contribution in [0.5, 0.6) is 0 Å². The van der Waals surface area contributed by atoms with Crippen LogP contribution in [0.2, 0.25) is 0 Å². The van der Waals surface area contributed by atoms with Crippen molar-refractivity contribution < 1.29 is 0 Å². The Morgan fingerprint density at radius 2 is 1.95 bits per heavy atom. The van der Waals surface area contributed by atoms with Crippen LogP contribution in [0.4, 0.5) is 0 Å². The van der Waals surface area contributed by atoms with Crippen LogP contribution in [0.15, 0.2) is 15.9 Å². The Hall–Kier alpha value is 0.1000. The first kappa shape index (κ1) is 17.2. The Labute approximate surface area is 130 Å². The third-order valence-electron chi connectivity index (χ3n) is 3.91. The highest BCUT2D eigenvalue weighted by Gasteiger charge is 2.33. The summed E-state index contributed by atoms with van der Waals surface area (Å²) in [6.45, 7) is 14.6. The maximum atomic E-state index is 3.68. The number of thiophene rings is 1. The standard InChI is InChI=1S/C15H27BrN2S/c1-6-17-14(10-13-9-12(16)11-19-13)15(4,5)18(7-2)8-3/h9,11,14,17H,6-8,10H2,1-5H3. The molecule has 0 aliphatic carbocycles. The third-order valence-corrected chi connectivity index (χ3v) is 5.63. The topological polar surface area (TPSA) is 15.3 Å². The first-order valence-electron chi connectivity index (χ1n) is 7.16. The van der Waals surface area contributed by atoms with Crippen molar-refractivity contribution in [3.05, 3.63) is 20.8 Å². The van der Waals surface area contributed by atoms with Crippen molar-refractivity contribution in [3.8, 4) is 0 Å². The van der Waals surface area contributed by atoms with Gasteiger partial charge >= 0.3 is 0 Å². The maximum absolute atomic E-state index is 3.68. The molecule has 0 radical (unpaired) electrons. The number of nitrogens with zero attached hydrogens (tertiary/aromatic N) is 1. The summed E-state index contributed by atoms with van der Waals surface area (Å²) in [6.07, 6.45) is 1.09. The number of hydrogen-bond donors (Lipinski definition) is 1. The molecule has 0 saturated heterocycles. The zero-order valence-electron chi connectivity index (χ0n) is 12.8. The van der Waals surface area contributed by atoms with Gasteiger partial charge in [0.1, 0.15) is 0 Å². The molecular weight excluding hydrogens is 320 g/mol. The predicted molar refractivity (Wildman–Crippen MR) is 90.2 cm³/mol. The van der Waals surface area contributed by atoms with Gasteiger partial charge in [-0.3, -0.25) is 4.90 Å². The molecule has 0 aliphatic rings. The number of rotatable bonds is 8. The molecule has 19 heavy (non-hydrogen) atoms. The van der Waals surface area contributed by atoms with Crippen LogP contribution >= 0.6 is 27.3 Å². The summed E-state index contributed by atoms with van der Waals surface area (Å²) in [5.74, 6) is 0. The van der Waals surface area contributed by atoms with E-state index >= 15 is 0 Å². The molecule has 1 heterocycles. The highest BCUT2D eigenvalue weighted by Crippen LogP contribution is 2.26. The molecule has 0 amide bonds. The minimum Gasteiger partial charge on any atom is -0.312 e. The second kappa shape index (κ2) is 7.77. The van der Waals surface area contributed by atoms with E-state index in [1.165, 1.54) is 9.35 Å². The molecule has 1 N–H and O–H groups in total. The fraction of sp³-hybridized carbons (Fsp3) is 0.733. The van der Waals surface area contributed by atoms with E-state index in [-0.39, 0.29) is 5.54 Å². The van der Waals surface area contributed by atoms with Crippen LogP contribution in [0.3, 0.4) is 0 Å². The van der Waals surface area contributed by atoms with E-state index in [1.807, 2.05) is 11.3 Å². The summed E-state index contributed by atoms with van der Waals surface area (Å²) in [6, 6.07) is 2.72. The van der Waals surface area contributed by atoms with Gasteiger partial charge in [-0.1, -0.05) is 20.8 Å². The molecule has 110 valence electrons. The first-order chi connectivity index (χ1) is 8.95. The SMILES string of the molecule is CCNC(Cc1cc(Br)cs1)C(C)(C)N(CC)CC. The van der Waals surface area contributed by atoms with Gasteiger partial charge in [-0.25, -0.2) is 0 Å². The lowest BCUT2D eigenvalue weighted by Crippen LogP contribution is -2.58. The van der Waals surface area contributed by atoms with Crippen molar-refractivity contribution in [1.29, 1.82) is 0 Å². The summed E-state index contributed by atoms with van der Waals surface area (Å²) in [5.41, 5.74) is 0.163. The molecule has 1 aromatic heterocycles. The summed E-state index contributed by atoms with van der Waals surface area (Å²) in [5, 5.41) is 5.85. The second-order valence-corrected chi connectivity index (χ2v) is 7.28. The van der Waals surface area contributed by atoms with Crippen LogP contribution in [0.1, 0.15) is 39.5 Å². The molecular formula is C15H27BrN2S. The number of nitrogens with one attached hydrogen (secondary N) is 1. The Balaban J connectivity index is 2.86. The smallest absolute Gasteiger partial charge is 0.0309 e. The van der Waals surface area contributed by atoms with E-state index < -0.39 is 0 Å². The molecule has 4 heteroatoms. The van der Waals surface area contributed by atoms with E-state index in [1.54, 1.807) is 0 Å². The summed E-state index contributed by atoms with van der Waals surface area (Å²) >= 11 is 5.39. The van der Waals surface area contributed by atoms with Gasteiger partial charge < -0.3 is 5.32 Å². The van der Waals surface area contributed by atoms with Crippen molar-refractivity contribution >= 4 is 27.3 Å². The molecule has 0 aliphatic heterocycles. The van der Waals surface area contributed by atoms with Gasteiger partial charge in [-0.2, -0.15) is 0 Å². The zero-order chi connectivity index (χ0) is 14.5. The molecule has 1 unspecified atom stereocenters. The van der Waals surface area contributed by atoms with E-state index in [2.05, 4.69) is 72.2 Å². The zero-order valence-corrected chi connectivity index (χ0v) is 15.2. The van der Waals surface area contributed by atoms with Gasteiger partial charge in [-0.15, -0.1) is 11.3 Å². The Bertz CT molecular complexity index is 372. The molecule has 0 bridgehead atoms. The molecule has 0 spiro atoms.